The van der Waals surface area contributed by atoms with E-state index in [0.717, 1.165) is 10.5 Å². The number of fused-ring (bicyclic) bond motifs is 1. The van der Waals surface area contributed by atoms with Gasteiger partial charge in [0, 0.05) is 22.6 Å². The summed E-state index contributed by atoms with van der Waals surface area (Å²) in [5, 5.41) is 5.34. The van der Waals surface area contributed by atoms with E-state index in [-0.39, 0.29) is 11.6 Å². The van der Waals surface area contributed by atoms with Gasteiger partial charge >= 0.3 is 0 Å². The Balaban J connectivity index is 1.84. The number of rotatable bonds is 2. The van der Waals surface area contributed by atoms with Gasteiger partial charge < -0.3 is 10.6 Å². The third kappa shape index (κ3) is 3.53. The van der Waals surface area contributed by atoms with Crippen LogP contribution in [0.5, 0.6) is 0 Å². The largest absolute Gasteiger partial charge is 0.325 e. The minimum Gasteiger partial charge on any atom is -0.325 e. The van der Waals surface area contributed by atoms with Crippen molar-refractivity contribution in [2.45, 2.75) is 18.2 Å². The topological polar surface area (TPSA) is 58.2 Å². The van der Waals surface area contributed by atoms with E-state index in [0.29, 0.717) is 23.4 Å². The van der Waals surface area contributed by atoms with E-state index in [1.807, 2.05) is 0 Å². The van der Waals surface area contributed by atoms with Crippen molar-refractivity contribution in [1.29, 1.82) is 0 Å². The highest BCUT2D eigenvalue weighted by molar-refractivity contribution is 7.99. The SMILES string of the molecule is Cc1ccc(NC(=O)c2ccc3c(c2)NC(=O)CCS3)c(F)c1. The smallest absolute Gasteiger partial charge is 0.255 e. The Morgan fingerprint density at radius 1 is 1.26 bits per heavy atom. The second-order valence-corrected chi connectivity index (χ2v) is 6.43. The van der Waals surface area contributed by atoms with Gasteiger partial charge in [0.1, 0.15) is 5.82 Å². The van der Waals surface area contributed by atoms with Crippen LogP contribution in [-0.2, 0) is 4.79 Å². The van der Waals surface area contributed by atoms with Crippen LogP contribution < -0.4 is 10.6 Å². The van der Waals surface area contributed by atoms with Crippen LogP contribution in [0.15, 0.2) is 41.3 Å². The van der Waals surface area contributed by atoms with Crippen LogP contribution in [0.1, 0.15) is 22.3 Å². The molecule has 2 N–H and O–H groups in total. The van der Waals surface area contributed by atoms with Crippen LogP contribution in [0.2, 0.25) is 0 Å². The van der Waals surface area contributed by atoms with Crippen LogP contribution in [0, 0.1) is 12.7 Å². The zero-order chi connectivity index (χ0) is 16.4. The summed E-state index contributed by atoms with van der Waals surface area (Å²) in [6.45, 7) is 1.78. The predicted octanol–water partition coefficient (Wildman–Crippen LogP) is 3.82. The van der Waals surface area contributed by atoms with Gasteiger partial charge in [-0.25, -0.2) is 4.39 Å². The molecule has 3 rings (SSSR count). The second kappa shape index (κ2) is 6.42. The number of nitrogens with one attached hydrogen (secondary N) is 2. The lowest BCUT2D eigenvalue weighted by Crippen LogP contribution is -2.14. The molecule has 6 heteroatoms. The Morgan fingerprint density at radius 2 is 2.09 bits per heavy atom. The summed E-state index contributed by atoms with van der Waals surface area (Å²) in [4.78, 5) is 24.9. The number of carbonyl (C=O) groups is 2. The Hall–Kier alpha value is -2.34. The molecule has 1 aliphatic heterocycles. The molecule has 0 saturated heterocycles. The van der Waals surface area contributed by atoms with Gasteiger partial charge in [-0.05, 0) is 42.8 Å². The molecule has 2 aromatic rings. The first-order valence-electron chi connectivity index (χ1n) is 7.17. The monoisotopic (exact) mass is 330 g/mol. The van der Waals surface area contributed by atoms with Crippen molar-refractivity contribution in [2.75, 3.05) is 16.4 Å². The molecule has 23 heavy (non-hydrogen) atoms. The lowest BCUT2D eigenvalue weighted by molar-refractivity contribution is -0.115. The fourth-order valence-corrected chi connectivity index (χ4v) is 3.21. The van der Waals surface area contributed by atoms with Crippen molar-refractivity contribution >= 4 is 35.0 Å². The maximum atomic E-state index is 13.8. The molecule has 1 aliphatic rings. The lowest BCUT2D eigenvalue weighted by atomic mass is 10.1. The number of anilines is 2. The van der Waals surface area contributed by atoms with Crippen molar-refractivity contribution in [2.24, 2.45) is 0 Å². The highest BCUT2D eigenvalue weighted by Gasteiger charge is 2.16. The van der Waals surface area contributed by atoms with Gasteiger partial charge in [-0.15, -0.1) is 11.8 Å². The zero-order valence-corrected chi connectivity index (χ0v) is 13.3. The van der Waals surface area contributed by atoms with Gasteiger partial charge in [-0.1, -0.05) is 6.07 Å². The number of hydrogen-bond acceptors (Lipinski definition) is 3. The van der Waals surface area contributed by atoms with Crippen LogP contribution in [0.3, 0.4) is 0 Å². The van der Waals surface area contributed by atoms with E-state index in [1.165, 1.54) is 12.1 Å². The molecule has 2 aromatic carbocycles. The number of halogens is 1. The fourth-order valence-electron chi connectivity index (χ4n) is 2.28. The van der Waals surface area contributed by atoms with Crippen molar-refractivity contribution in [3.8, 4) is 0 Å². The Kier molecular flexibility index (Phi) is 4.34. The molecular weight excluding hydrogens is 315 g/mol. The van der Waals surface area contributed by atoms with Crippen molar-refractivity contribution in [1.82, 2.24) is 0 Å². The van der Waals surface area contributed by atoms with Gasteiger partial charge in [0.2, 0.25) is 5.91 Å². The summed E-state index contributed by atoms with van der Waals surface area (Å²) < 4.78 is 13.8. The Labute approximate surface area is 137 Å². The van der Waals surface area contributed by atoms with E-state index in [9.17, 15) is 14.0 Å². The number of amides is 2. The first-order chi connectivity index (χ1) is 11.0. The molecule has 0 saturated carbocycles. The van der Waals surface area contributed by atoms with Crippen LogP contribution in [0.4, 0.5) is 15.8 Å². The standard InChI is InChI=1S/C17H15FN2O2S/c1-10-2-4-13(12(18)8-10)20-17(22)11-3-5-15-14(9-11)19-16(21)6-7-23-15/h2-5,8-9H,6-7H2,1H3,(H,19,21)(H,20,22). The van der Waals surface area contributed by atoms with Crippen molar-refractivity contribution in [3.63, 3.8) is 0 Å². The molecule has 0 aliphatic carbocycles. The summed E-state index contributed by atoms with van der Waals surface area (Å²) in [7, 11) is 0. The first kappa shape index (κ1) is 15.6. The summed E-state index contributed by atoms with van der Waals surface area (Å²) in [6.07, 6.45) is 0.440. The first-order valence-corrected chi connectivity index (χ1v) is 8.16. The molecule has 4 nitrogen and oxygen atoms in total. The summed E-state index contributed by atoms with van der Waals surface area (Å²) in [5.41, 5.74) is 1.90. The number of hydrogen-bond donors (Lipinski definition) is 2. The van der Waals surface area contributed by atoms with E-state index >= 15 is 0 Å². The molecule has 0 unspecified atom stereocenters. The third-order valence-electron chi connectivity index (χ3n) is 3.48. The van der Waals surface area contributed by atoms with E-state index in [4.69, 9.17) is 0 Å². The number of carbonyl (C=O) groups excluding carboxylic acids is 2. The molecule has 0 spiro atoms. The maximum absolute atomic E-state index is 13.8. The Morgan fingerprint density at radius 3 is 2.87 bits per heavy atom. The number of aryl methyl sites for hydroxylation is 1. The maximum Gasteiger partial charge on any atom is 0.255 e. The molecule has 0 bridgehead atoms. The van der Waals surface area contributed by atoms with Crippen LogP contribution in [-0.4, -0.2) is 17.6 Å². The second-order valence-electron chi connectivity index (χ2n) is 5.30. The zero-order valence-electron chi connectivity index (χ0n) is 12.5. The number of benzene rings is 2. The molecule has 1 heterocycles. The predicted molar refractivity (Wildman–Crippen MR) is 89.5 cm³/mol. The van der Waals surface area contributed by atoms with Gasteiger partial charge in [-0.3, -0.25) is 9.59 Å². The van der Waals surface area contributed by atoms with Crippen LogP contribution in [0.25, 0.3) is 0 Å². The Bertz CT molecular complexity index is 792. The molecule has 0 fully saturated rings. The summed E-state index contributed by atoms with van der Waals surface area (Å²) in [6, 6.07) is 9.71. The van der Waals surface area contributed by atoms with Gasteiger partial charge in [0.05, 0.1) is 11.4 Å². The average molecular weight is 330 g/mol. The molecule has 0 radical (unpaired) electrons. The minimum atomic E-state index is -0.475. The summed E-state index contributed by atoms with van der Waals surface area (Å²) >= 11 is 1.57. The molecule has 0 aromatic heterocycles. The lowest BCUT2D eigenvalue weighted by Gasteiger charge is -2.10. The normalized spacial score (nSPS) is 13.7. The third-order valence-corrected chi connectivity index (χ3v) is 4.55. The van der Waals surface area contributed by atoms with Gasteiger partial charge in [0.15, 0.2) is 0 Å². The van der Waals surface area contributed by atoms with Crippen molar-refractivity contribution in [3.05, 3.63) is 53.3 Å². The van der Waals surface area contributed by atoms with E-state index in [2.05, 4.69) is 10.6 Å². The molecule has 118 valence electrons. The molecule has 2 amide bonds. The highest BCUT2D eigenvalue weighted by Crippen LogP contribution is 2.31. The quantitative estimate of drug-likeness (QED) is 0.880. The van der Waals surface area contributed by atoms with Crippen LogP contribution >= 0.6 is 11.8 Å². The van der Waals surface area contributed by atoms with Gasteiger partial charge in [0.25, 0.3) is 5.91 Å². The molecular formula is C17H15FN2O2S. The molecule has 0 atom stereocenters. The van der Waals surface area contributed by atoms with Crippen molar-refractivity contribution < 1.29 is 14.0 Å². The van der Waals surface area contributed by atoms with Gasteiger partial charge in [-0.2, -0.15) is 0 Å². The fraction of sp³-hybridized carbons (Fsp3) is 0.176. The summed E-state index contributed by atoms with van der Waals surface area (Å²) in [5.74, 6) is -0.256. The number of thioether (sulfide) groups is 1. The van der Waals surface area contributed by atoms with E-state index < -0.39 is 11.7 Å². The highest BCUT2D eigenvalue weighted by atomic mass is 32.2. The van der Waals surface area contributed by atoms with E-state index in [1.54, 1.807) is 43.0 Å². The average Bonchev–Trinajstić information content (AvgIpc) is 2.69. The minimum absolute atomic E-state index is 0.0709.